The van der Waals surface area contributed by atoms with E-state index < -0.39 is 5.82 Å². The lowest BCUT2D eigenvalue weighted by Gasteiger charge is -2.10. The summed E-state index contributed by atoms with van der Waals surface area (Å²) in [4.78, 5) is 24.7. The van der Waals surface area contributed by atoms with Crippen LogP contribution in [0.5, 0.6) is 0 Å². The molecule has 0 bridgehead atoms. The first-order valence-corrected chi connectivity index (χ1v) is 11.4. The van der Waals surface area contributed by atoms with Crippen LogP contribution in [-0.2, 0) is 22.6 Å². The Morgan fingerprint density at radius 1 is 1.06 bits per heavy atom. The van der Waals surface area contributed by atoms with Crippen LogP contribution in [-0.4, -0.2) is 32.3 Å². The van der Waals surface area contributed by atoms with Gasteiger partial charge >= 0.3 is 0 Å². The standard InChI is InChI=1S/C21H20Cl2FN5O2S/c1-3-29-18(10-19(30)25-14-6-7-15(22)16(23)9-14)27-28-21(29)32-11-20(31)26-17-8-13(24)5-4-12(17)2/h4-9H,3,10-11H2,1-2H3,(H,25,30)(H,26,31). The normalized spacial score (nSPS) is 10.8. The Morgan fingerprint density at radius 2 is 1.84 bits per heavy atom. The number of rotatable bonds is 8. The fraction of sp³-hybridized carbons (Fsp3) is 0.238. The quantitative estimate of drug-likeness (QED) is 0.430. The van der Waals surface area contributed by atoms with E-state index >= 15 is 0 Å². The molecule has 2 amide bonds. The summed E-state index contributed by atoms with van der Waals surface area (Å²) in [6.07, 6.45) is -0.00364. The van der Waals surface area contributed by atoms with Crippen LogP contribution in [0.4, 0.5) is 15.8 Å². The Bertz CT molecular complexity index is 1160. The third kappa shape index (κ3) is 6.21. The molecule has 0 aliphatic heterocycles. The van der Waals surface area contributed by atoms with Crippen molar-refractivity contribution in [1.29, 1.82) is 0 Å². The lowest BCUT2D eigenvalue weighted by Crippen LogP contribution is -2.18. The number of thioether (sulfide) groups is 1. The Hall–Kier alpha value is -2.62. The molecular formula is C21H20Cl2FN5O2S. The van der Waals surface area contributed by atoms with Gasteiger partial charge < -0.3 is 15.2 Å². The lowest BCUT2D eigenvalue weighted by molar-refractivity contribution is -0.116. The minimum atomic E-state index is -0.423. The molecule has 0 spiro atoms. The number of nitrogens with zero attached hydrogens (tertiary/aromatic N) is 3. The van der Waals surface area contributed by atoms with Crippen LogP contribution < -0.4 is 10.6 Å². The van der Waals surface area contributed by atoms with Gasteiger partial charge in [0.1, 0.15) is 11.6 Å². The third-order valence-electron chi connectivity index (χ3n) is 4.44. The summed E-state index contributed by atoms with van der Waals surface area (Å²) < 4.78 is 15.2. The second kappa shape index (κ2) is 10.8. The zero-order chi connectivity index (χ0) is 23.3. The molecule has 0 radical (unpaired) electrons. The van der Waals surface area contributed by atoms with Crippen molar-refractivity contribution >= 4 is 58.2 Å². The van der Waals surface area contributed by atoms with Gasteiger partial charge in [0, 0.05) is 17.9 Å². The number of anilines is 2. The van der Waals surface area contributed by atoms with Gasteiger partial charge in [0.15, 0.2) is 5.16 Å². The molecule has 11 heteroatoms. The van der Waals surface area contributed by atoms with E-state index in [9.17, 15) is 14.0 Å². The summed E-state index contributed by atoms with van der Waals surface area (Å²) in [5, 5.41) is 14.9. The smallest absolute Gasteiger partial charge is 0.234 e. The molecular weight excluding hydrogens is 476 g/mol. The number of hydrogen-bond donors (Lipinski definition) is 2. The highest BCUT2D eigenvalue weighted by Crippen LogP contribution is 2.25. The second-order valence-corrected chi connectivity index (χ2v) is 8.55. The predicted octanol–water partition coefficient (Wildman–Crippen LogP) is 4.96. The number of benzene rings is 2. The highest BCUT2D eigenvalue weighted by Gasteiger charge is 2.17. The van der Waals surface area contributed by atoms with Crippen LogP contribution in [0.1, 0.15) is 18.3 Å². The number of carbonyl (C=O) groups is 2. The number of amides is 2. The predicted molar refractivity (Wildman–Crippen MR) is 125 cm³/mol. The average molecular weight is 496 g/mol. The maximum Gasteiger partial charge on any atom is 0.234 e. The minimum Gasteiger partial charge on any atom is -0.326 e. The fourth-order valence-electron chi connectivity index (χ4n) is 2.84. The van der Waals surface area contributed by atoms with Crippen LogP contribution in [0.3, 0.4) is 0 Å². The van der Waals surface area contributed by atoms with Crippen molar-refractivity contribution in [3.05, 3.63) is 63.6 Å². The Kier molecular flexibility index (Phi) is 8.11. The van der Waals surface area contributed by atoms with E-state index in [0.717, 1.165) is 5.56 Å². The van der Waals surface area contributed by atoms with Gasteiger partial charge in [-0.05, 0) is 49.7 Å². The Balaban J connectivity index is 1.60. The molecule has 1 heterocycles. The average Bonchev–Trinajstić information content (AvgIpc) is 3.13. The lowest BCUT2D eigenvalue weighted by atomic mass is 10.2. The summed E-state index contributed by atoms with van der Waals surface area (Å²) in [6.45, 7) is 4.20. The van der Waals surface area contributed by atoms with Crippen molar-refractivity contribution in [2.75, 3.05) is 16.4 Å². The molecule has 0 saturated heterocycles. The SMILES string of the molecule is CCn1c(CC(=O)Nc2ccc(Cl)c(Cl)c2)nnc1SCC(=O)Nc1cc(F)ccc1C. The molecule has 0 atom stereocenters. The van der Waals surface area contributed by atoms with Gasteiger partial charge in [0.05, 0.1) is 22.2 Å². The molecule has 3 rings (SSSR count). The van der Waals surface area contributed by atoms with Gasteiger partial charge in [0.2, 0.25) is 11.8 Å². The minimum absolute atomic E-state index is 0.00364. The molecule has 1 aromatic heterocycles. The Morgan fingerprint density at radius 3 is 2.56 bits per heavy atom. The molecule has 0 aliphatic rings. The van der Waals surface area contributed by atoms with Gasteiger partial charge in [0.25, 0.3) is 0 Å². The summed E-state index contributed by atoms with van der Waals surface area (Å²) in [5.41, 5.74) is 1.70. The first-order chi connectivity index (χ1) is 15.3. The largest absolute Gasteiger partial charge is 0.326 e. The maximum atomic E-state index is 13.4. The van der Waals surface area contributed by atoms with Crippen LogP contribution in [0.15, 0.2) is 41.6 Å². The second-order valence-electron chi connectivity index (χ2n) is 6.79. The summed E-state index contributed by atoms with van der Waals surface area (Å²) in [5.74, 6) is -0.486. The summed E-state index contributed by atoms with van der Waals surface area (Å²) in [7, 11) is 0. The number of hydrogen-bond acceptors (Lipinski definition) is 5. The van der Waals surface area contributed by atoms with Gasteiger partial charge in [-0.15, -0.1) is 10.2 Å². The van der Waals surface area contributed by atoms with E-state index in [2.05, 4.69) is 20.8 Å². The maximum absolute atomic E-state index is 13.4. The van der Waals surface area contributed by atoms with E-state index in [-0.39, 0.29) is 24.0 Å². The zero-order valence-electron chi connectivity index (χ0n) is 17.3. The number of nitrogens with one attached hydrogen (secondary N) is 2. The molecule has 7 nitrogen and oxygen atoms in total. The van der Waals surface area contributed by atoms with E-state index in [4.69, 9.17) is 23.2 Å². The fourth-order valence-corrected chi connectivity index (χ4v) is 3.96. The van der Waals surface area contributed by atoms with E-state index in [1.54, 1.807) is 35.8 Å². The topological polar surface area (TPSA) is 88.9 Å². The zero-order valence-corrected chi connectivity index (χ0v) is 19.6. The first-order valence-electron chi connectivity index (χ1n) is 9.62. The molecule has 168 valence electrons. The molecule has 32 heavy (non-hydrogen) atoms. The first kappa shape index (κ1) is 24.0. The number of aromatic nitrogens is 3. The molecule has 3 aromatic rings. The van der Waals surface area contributed by atoms with Crippen molar-refractivity contribution in [2.24, 2.45) is 0 Å². The van der Waals surface area contributed by atoms with Crippen molar-refractivity contribution < 1.29 is 14.0 Å². The van der Waals surface area contributed by atoms with Crippen LogP contribution >= 0.6 is 35.0 Å². The highest BCUT2D eigenvalue weighted by molar-refractivity contribution is 7.99. The molecule has 0 fully saturated rings. The molecule has 0 saturated carbocycles. The number of carbonyl (C=O) groups excluding carboxylic acids is 2. The molecule has 0 unspecified atom stereocenters. The number of aryl methyl sites for hydroxylation is 1. The Labute approximate surface area is 198 Å². The highest BCUT2D eigenvalue weighted by atomic mass is 35.5. The van der Waals surface area contributed by atoms with Crippen molar-refractivity contribution in [3.8, 4) is 0 Å². The van der Waals surface area contributed by atoms with E-state index in [1.165, 1.54) is 23.9 Å². The molecule has 0 aliphatic carbocycles. The van der Waals surface area contributed by atoms with Gasteiger partial charge in [-0.3, -0.25) is 9.59 Å². The van der Waals surface area contributed by atoms with Gasteiger partial charge in [-0.2, -0.15) is 0 Å². The third-order valence-corrected chi connectivity index (χ3v) is 6.14. The van der Waals surface area contributed by atoms with E-state index in [0.29, 0.717) is 38.9 Å². The van der Waals surface area contributed by atoms with Crippen LogP contribution in [0.25, 0.3) is 0 Å². The van der Waals surface area contributed by atoms with Gasteiger partial charge in [-0.1, -0.05) is 41.0 Å². The van der Waals surface area contributed by atoms with Crippen molar-refractivity contribution in [1.82, 2.24) is 14.8 Å². The van der Waals surface area contributed by atoms with Crippen molar-refractivity contribution in [3.63, 3.8) is 0 Å². The van der Waals surface area contributed by atoms with Gasteiger partial charge in [-0.25, -0.2) is 4.39 Å². The van der Waals surface area contributed by atoms with Crippen LogP contribution in [0, 0.1) is 12.7 Å². The van der Waals surface area contributed by atoms with E-state index in [1.807, 2.05) is 6.92 Å². The summed E-state index contributed by atoms with van der Waals surface area (Å²) >= 11 is 13.0. The van der Waals surface area contributed by atoms with Crippen molar-refractivity contribution in [2.45, 2.75) is 32.0 Å². The van der Waals surface area contributed by atoms with Crippen LogP contribution in [0.2, 0.25) is 10.0 Å². The monoisotopic (exact) mass is 495 g/mol. The number of halogens is 3. The summed E-state index contributed by atoms with van der Waals surface area (Å²) in [6, 6.07) is 9.02. The molecule has 2 aromatic carbocycles. The molecule has 2 N–H and O–H groups in total.